The van der Waals surface area contributed by atoms with Gasteiger partial charge < -0.3 is 14.9 Å². The number of hydrogen-bond acceptors (Lipinski definition) is 4. The molecule has 0 aromatic rings. The summed E-state index contributed by atoms with van der Waals surface area (Å²) in [6.07, 6.45) is 10.9. The predicted molar refractivity (Wildman–Crippen MR) is 128 cm³/mol. The third kappa shape index (κ3) is 3.67. The molecule has 182 valence electrons. The third-order valence-corrected chi connectivity index (χ3v) is 11.2. The van der Waals surface area contributed by atoms with Crippen molar-refractivity contribution < 1.29 is 14.9 Å². The molecular formula is C28H47NO3. The lowest BCUT2D eigenvalue weighted by Gasteiger charge is -2.62. The molecule has 0 amide bonds. The monoisotopic (exact) mass is 445 g/mol. The van der Waals surface area contributed by atoms with Crippen LogP contribution in [0.4, 0.5) is 0 Å². The van der Waals surface area contributed by atoms with Gasteiger partial charge in [-0.15, -0.1) is 0 Å². The zero-order chi connectivity index (χ0) is 22.9. The first-order valence-electron chi connectivity index (χ1n) is 13.6. The summed E-state index contributed by atoms with van der Waals surface area (Å²) in [5.74, 6) is 4.64. The first-order valence-corrected chi connectivity index (χ1v) is 13.6. The fraction of sp³-hybridized carbons (Fsp3) is 0.964. The van der Waals surface area contributed by atoms with E-state index in [-0.39, 0.29) is 17.7 Å². The van der Waals surface area contributed by atoms with E-state index in [1.165, 1.54) is 25.7 Å². The molecule has 5 rings (SSSR count). The first-order chi connectivity index (χ1) is 15.0. The molecule has 4 heteroatoms. The molecule has 4 nitrogen and oxygen atoms in total. The molecule has 4 fully saturated rings. The summed E-state index contributed by atoms with van der Waals surface area (Å²) in [7, 11) is 0. The quantitative estimate of drug-likeness (QED) is 0.592. The first kappa shape index (κ1) is 23.1. The zero-order valence-electron chi connectivity index (χ0n) is 21.1. The van der Waals surface area contributed by atoms with E-state index in [1.54, 1.807) is 0 Å². The topological polar surface area (TPSA) is 62.0 Å². The molecule has 4 saturated carbocycles. The van der Waals surface area contributed by atoms with Crippen molar-refractivity contribution in [1.29, 1.82) is 0 Å². The van der Waals surface area contributed by atoms with Gasteiger partial charge in [0.25, 0.3) is 0 Å². The van der Waals surface area contributed by atoms with Crippen molar-refractivity contribution in [3.8, 4) is 0 Å². The molecular weight excluding hydrogens is 398 g/mol. The van der Waals surface area contributed by atoms with Crippen LogP contribution in [0.3, 0.4) is 0 Å². The Hall–Kier alpha value is -0.610. The largest absolute Gasteiger partial charge is 0.478 e. The van der Waals surface area contributed by atoms with E-state index in [0.29, 0.717) is 40.4 Å². The van der Waals surface area contributed by atoms with Crippen molar-refractivity contribution in [2.45, 2.75) is 117 Å². The molecule has 0 saturated heterocycles. The number of hydrogen-bond donors (Lipinski definition) is 2. The number of aliphatic hydroxyl groups is 2. The van der Waals surface area contributed by atoms with Crippen molar-refractivity contribution in [3.05, 3.63) is 0 Å². The predicted octanol–water partition coefficient (Wildman–Crippen LogP) is 5.60. The van der Waals surface area contributed by atoms with E-state index in [0.717, 1.165) is 56.9 Å². The van der Waals surface area contributed by atoms with Crippen LogP contribution in [0.15, 0.2) is 4.99 Å². The maximum absolute atomic E-state index is 11.4. The van der Waals surface area contributed by atoms with Gasteiger partial charge in [-0.3, -0.25) is 0 Å². The Kier molecular flexibility index (Phi) is 5.76. The van der Waals surface area contributed by atoms with E-state index in [4.69, 9.17) is 9.73 Å². The lowest BCUT2D eigenvalue weighted by atomic mass is 9.43. The average Bonchev–Trinajstić information content (AvgIpc) is 3.26. The van der Waals surface area contributed by atoms with E-state index < -0.39 is 0 Å². The van der Waals surface area contributed by atoms with E-state index in [2.05, 4.69) is 34.6 Å². The normalized spacial score (nSPS) is 50.6. The molecule has 1 aliphatic heterocycles. The molecule has 10 atom stereocenters. The van der Waals surface area contributed by atoms with Crippen LogP contribution in [-0.4, -0.2) is 40.5 Å². The summed E-state index contributed by atoms with van der Waals surface area (Å²) in [5.41, 5.74) is 0.622. The van der Waals surface area contributed by atoms with Crippen molar-refractivity contribution >= 4 is 5.90 Å². The molecule has 5 aliphatic rings. The highest BCUT2D eigenvalue weighted by Gasteiger charge is 2.62. The summed E-state index contributed by atoms with van der Waals surface area (Å²) >= 11 is 0. The van der Waals surface area contributed by atoms with Gasteiger partial charge in [0, 0.05) is 6.42 Å². The molecule has 32 heavy (non-hydrogen) atoms. The van der Waals surface area contributed by atoms with Gasteiger partial charge in [0.05, 0.1) is 17.7 Å². The number of ether oxygens (including phenoxy) is 1. The minimum absolute atomic E-state index is 0.0539. The van der Waals surface area contributed by atoms with Crippen molar-refractivity contribution in [2.75, 3.05) is 6.61 Å². The van der Waals surface area contributed by atoms with Gasteiger partial charge in [-0.1, -0.05) is 20.8 Å². The molecule has 2 N–H and O–H groups in total. The number of nitrogens with zero attached hydrogens (tertiary/aromatic N) is 1. The van der Waals surface area contributed by atoms with Crippen LogP contribution >= 0.6 is 0 Å². The molecule has 0 aromatic carbocycles. The maximum atomic E-state index is 11.4. The van der Waals surface area contributed by atoms with E-state index in [9.17, 15) is 10.2 Å². The lowest BCUT2D eigenvalue weighted by Crippen LogP contribution is -2.58. The van der Waals surface area contributed by atoms with Gasteiger partial charge >= 0.3 is 0 Å². The highest BCUT2D eigenvalue weighted by atomic mass is 16.5. The standard InChI is InChI=1S/C28H47NO3/c1-17(6-9-24-29-26(2,3)16-32-24)20-7-8-21-25-22(11-13-28(20,21)5)27(4)12-10-19(30)14-18(27)15-23(25)31/h17-23,25,30-31H,6-16H2,1-5H3/t17?,18?,19-,20-,21?,22?,23+,25?,27+,28-/m1/s1. The third-order valence-electron chi connectivity index (χ3n) is 11.2. The number of aliphatic imine (C=N–C) groups is 1. The van der Waals surface area contributed by atoms with Crippen molar-refractivity contribution in [1.82, 2.24) is 0 Å². The fourth-order valence-corrected chi connectivity index (χ4v) is 9.52. The molecule has 1 heterocycles. The van der Waals surface area contributed by atoms with E-state index in [1.807, 2.05) is 0 Å². The summed E-state index contributed by atoms with van der Waals surface area (Å²) in [4.78, 5) is 4.78. The summed E-state index contributed by atoms with van der Waals surface area (Å²) in [6.45, 7) is 12.6. The van der Waals surface area contributed by atoms with Gasteiger partial charge in [0.1, 0.15) is 6.61 Å². The van der Waals surface area contributed by atoms with Crippen LogP contribution in [0.5, 0.6) is 0 Å². The molecule has 5 unspecified atom stereocenters. The zero-order valence-corrected chi connectivity index (χ0v) is 21.1. The summed E-state index contributed by atoms with van der Waals surface area (Å²) < 4.78 is 5.87. The number of rotatable bonds is 4. The fourth-order valence-electron chi connectivity index (χ4n) is 9.52. The summed E-state index contributed by atoms with van der Waals surface area (Å²) in [6, 6.07) is 0. The molecule has 4 aliphatic carbocycles. The highest BCUT2D eigenvalue weighted by molar-refractivity contribution is 5.78. The average molecular weight is 446 g/mol. The van der Waals surface area contributed by atoms with Crippen LogP contribution in [-0.2, 0) is 4.74 Å². The van der Waals surface area contributed by atoms with E-state index >= 15 is 0 Å². The summed E-state index contributed by atoms with van der Waals surface area (Å²) in [5, 5.41) is 21.7. The second-order valence-electron chi connectivity index (χ2n) is 13.6. The molecule has 0 aromatic heterocycles. The van der Waals surface area contributed by atoms with Crippen LogP contribution in [0.1, 0.15) is 98.8 Å². The Morgan fingerprint density at radius 3 is 2.41 bits per heavy atom. The Balaban J connectivity index is 1.30. The van der Waals surface area contributed by atoms with Gasteiger partial charge in [0.15, 0.2) is 5.90 Å². The minimum atomic E-state index is -0.175. The van der Waals surface area contributed by atoms with Crippen LogP contribution < -0.4 is 0 Å². The SMILES string of the molecule is CC(CCC1=NC(C)(C)CO1)[C@H]1CCC2C3C(CC[C@@]21C)[C@@]1(C)CC[C@@H](O)CC1C[C@@H]3O. The second-order valence-corrected chi connectivity index (χ2v) is 13.6. The van der Waals surface area contributed by atoms with Crippen LogP contribution in [0.25, 0.3) is 0 Å². The maximum Gasteiger partial charge on any atom is 0.183 e. The Morgan fingerprint density at radius 2 is 1.69 bits per heavy atom. The van der Waals surface area contributed by atoms with Crippen molar-refractivity contribution in [3.63, 3.8) is 0 Å². The second kappa shape index (κ2) is 7.97. The molecule has 0 radical (unpaired) electrons. The number of fused-ring (bicyclic) bond motifs is 5. The Labute approximate surface area is 195 Å². The van der Waals surface area contributed by atoms with Crippen LogP contribution in [0, 0.1) is 46.3 Å². The van der Waals surface area contributed by atoms with Crippen molar-refractivity contribution in [2.24, 2.45) is 51.3 Å². The highest BCUT2D eigenvalue weighted by Crippen LogP contribution is 2.68. The van der Waals surface area contributed by atoms with Gasteiger partial charge in [-0.25, -0.2) is 4.99 Å². The minimum Gasteiger partial charge on any atom is -0.478 e. The van der Waals surface area contributed by atoms with Gasteiger partial charge in [-0.2, -0.15) is 0 Å². The Bertz CT molecular complexity index is 749. The molecule has 0 bridgehead atoms. The van der Waals surface area contributed by atoms with Gasteiger partial charge in [-0.05, 0) is 118 Å². The number of aliphatic hydroxyl groups excluding tert-OH is 2. The Morgan fingerprint density at radius 1 is 0.969 bits per heavy atom. The molecule has 0 spiro atoms. The smallest absolute Gasteiger partial charge is 0.183 e. The van der Waals surface area contributed by atoms with Crippen LogP contribution in [0.2, 0.25) is 0 Å². The van der Waals surface area contributed by atoms with Gasteiger partial charge in [0.2, 0.25) is 0 Å². The lowest BCUT2D eigenvalue weighted by molar-refractivity contribution is -0.174.